The number of nitrogens with zero attached hydrogens (tertiary/aromatic N) is 3. The summed E-state index contributed by atoms with van der Waals surface area (Å²) >= 11 is 1.23. The summed E-state index contributed by atoms with van der Waals surface area (Å²) < 4.78 is 11.1. The third kappa shape index (κ3) is 2.43. The van der Waals surface area contributed by atoms with E-state index in [-0.39, 0.29) is 12.3 Å². The van der Waals surface area contributed by atoms with E-state index >= 15 is 0 Å². The highest BCUT2D eigenvalue weighted by Gasteiger charge is 2.19. The van der Waals surface area contributed by atoms with Crippen LogP contribution in [-0.2, 0) is 7.05 Å². The maximum absolute atomic E-state index is 12.6. The van der Waals surface area contributed by atoms with E-state index in [4.69, 9.17) is 4.74 Å². The highest BCUT2D eigenvalue weighted by atomic mass is 32.1. The summed E-state index contributed by atoms with van der Waals surface area (Å²) in [7, 11) is 3.58. The summed E-state index contributed by atoms with van der Waals surface area (Å²) in [4.78, 5) is 12.6. The number of methoxy groups -OCH3 is 1. The molecule has 3 rings (SSSR count). The molecule has 7 heteroatoms. The van der Waals surface area contributed by atoms with Gasteiger partial charge in [0, 0.05) is 40.7 Å². The number of ketones is 1. The maximum atomic E-state index is 12.6. The second-order valence-electron chi connectivity index (χ2n) is 4.96. The topological polar surface area (TPSA) is 69.0 Å². The number of aromatic nitrogens is 3. The summed E-state index contributed by atoms with van der Waals surface area (Å²) in [5.74, 6) is 0.775. The normalized spacial score (nSPS) is 10.9. The average Bonchev–Trinajstić information content (AvgIpc) is 3.13. The van der Waals surface area contributed by atoms with E-state index < -0.39 is 0 Å². The van der Waals surface area contributed by atoms with E-state index in [1.807, 2.05) is 36.7 Å². The summed E-state index contributed by atoms with van der Waals surface area (Å²) in [6, 6.07) is 5.78. The van der Waals surface area contributed by atoms with Crippen LogP contribution in [0, 0.1) is 6.92 Å². The SMILES string of the molecule is COc1ccc2c(c1)c(C(=O)CNc1cnns1)c(C)n2C. The fourth-order valence-electron chi connectivity index (χ4n) is 2.53. The number of ether oxygens (including phenoxy) is 1. The first-order valence-corrected chi connectivity index (χ1v) is 7.56. The van der Waals surface area contributed by atoms with Gasteiger partial charge in [-0.3, -0.25) is 4.79 Å². The van der Waals surface area contributed by atoms with E-state index in [1.165, 1.54) is 11.5 Å². The Morgan fingerprint density at radius 1 is 1.45 bits per heavy atom. The van der Waals surface area contributed by atoms with E-state index in [9.17, 15) is 4.79 Å². The van der Waals surface area contributed by atoms with E-state index in [0.29, 0.717) is 0 Å². The van der Waals surface area contributed by atoms with Gasteiger partial charge in [0.25, 0.3) is 0 Å². The summed E-state index contributed by atoms with van der Waals surface area (Å²) in [6.07, 6.45) is 1.61. The lowest BCUT2D eigenvalue weighted by Gasteiger charge is -2.04. The average molecular weight is 316 g/mol. The number of nitrogens with one attached hydrogen (secondary N) is 1. The first-order valence-electron chi connectivity index (χ1n) is 6.79. The number of carbonyl (C=O) groups excluding carboxylic acids is 1. The number of Topliss-reactive ketones (excluding diaryl/α,β-unsaturated/α-hetero) is 1. The molecular weight excluding hydrogens is 300 g/mol. The van der Waals surface area contributed by atoms with Gasteiger partial charge in [-0.05, 0) is 25.1 Å². The van der Waals surface area contributed by atoms with Gasteiger partial charge < -0.3 is 14.6 Å². The third-order valence-electron chi connectivity index (χ3n) is 3.76. The molecule has 0 saturated carbocycles. The molecule has 6 nitrogen and oxygen atoms in total. The van der Waals surface area contributed by atoms with Crippen LogP contribution in [0.4, 0.5) is 5.00 Å². The smallest absolute Gasteiger partial charge is 0.184 e. The van der Waals surface area contributed by atoms with Crippen LogP contribution in [0.3, 0.4) is 0 Å². The molecule has 0 unspecified atom stereocenters. The Morgan fingerprint density at radius 2 is 2.27 bits per heavy atom. The number of carbonyl (C=O) groups is 1. The Morgan fingerprint density at radius 3 is 2.95 bits per heavy atom. The number of hydrogen-bond acceptors (Lipinski definition) is 6. The van der Waals surface area contributed by atoms with Crippen LogP contribution in [0.2, 0.25) is 0 Å². The predicted molar refractivity (Wildman–Crippen MR) is 86.9 cm³/mol. The van der Waals surface area contributed by atoms with Gasteiger partial charge in [0.05, 0.1) is 19.9 Å². The Balaban J connectivity index is 1.97. The number of aryl methyl sites for hydroxylation is 1. The van der Waals surface area contributed by atoms with Gasteiger partial charge >= 0.3 is 0 Å². The van der Waals surface area contributed by atoms with Gasteiger partial charge in [-0.15, -0.1) is 5.10 Å². The van der Waals surface area contributed by atoms with Crippen molar-refractivity contribution in [3.63, 3.8) is 0 Å². The fourth-order valence-corrected chi connectivity index (χ4v) is 2.94. The molecule has 0 aliphatic heterocycles. The standard InChI is InChI=1S/C15H16N4O2S/c1-9-15(13(20)7-16-14-8-17-18-22-14)11-6-10(21-3)4-5-12(11)19(9)2/h4-6,8,16H,7H2,1-3H3. The zero-order chi connectivity index (χ0) is 15.7. The van der Waals surface area contributed by atoms with Crippen LogP contribution >= 0.6 is 11.5 Å². The molecule has 0 spiro atoms. The number of anilines is 1. The number of hydrogen-bond donors (Lipinski definition) is 1. The second kappa shape index (κ2) is 5.76. The third-order valence-corrected chi connectivity index (χ3v) is 4.39. The van der Waals surface area contributed by atoms with Crippen molar-refractivity contribution in [2.24, 2.45) is 7.05 Å². The fraction of sp³-hybridized carbons (Fsp3) is 0.267. The molecular formula is C15H16N4O2S. The molecule has 2 heterocycles. The van der Waals surface area contributed by atoms with Crippen molar-refractivity contribution in [2.45, 2.75) is 6.92 Å². The quantitative estimate of drug-likeness (QED) is 0.733. The van der Waals surface area contributed by atoms with Crippen LogP contribution < -0.4 is 10.1 Å². The predicted octanol–water partition coefficient (Wildman–Crippen LogP) is 2.64. The first-order chi connectivity index (χ1) is 10.6. The molecule has 1 N–H and O–H groups in total. The molecule has 0 saturated heterocycles. The molecule has 0 fully saturated rings. The molecule has 0 bridgehead atoms. The molecule has 1 aromatic carbocycles. The molecule has 2 aromatic heterocycles. The number of fused-ring (bicyclic) bond motifs is 1. The Labute approximate surface area is 131 Å². The highest BCUT2D eigenvalue weighted by molar-refractivity contribution is 7.09. The molecule has 0 atom stereocenters. The minimum atomic E-state index is 0.0322. The van der Waals surface area contributed by atoms with Gasteiger partial charge in [-0.2, -0.15) is 0 Å². The van der Waals surface area contributed by atoms with Crippen molar-refractivity contribution in [2.75, 3.05) is 19.0 Å². The second-order valence-corrected chi connectivity index (χ2v) is 5.75. The van der Waals surface area contributed by atoms with E-state index in [1.54, 1.807) is 13.3 Å². The van der Waals surface area contributed by atoms with Crippen LogP contribution in [0.5, 0.6) is 5.75 Å². The first kappa shape index (κ1) is 14.5. The van der Waals surface area contributed by atoms with Gasteiger partial charge in [-0.1, -0.05) is 4.49 Å². The molecule has 0 aliphatic rings. The van der Waals surface area contributed by atoms with Crippen molar-refractivity contribution in [1.29, 1.82) is 0 Å². The Bertz CT molecular complexity index is 824. The van der Waals surface area contributed by atoms with Crippen molar-refractivity contribution in [3.8, 4) is 5.75 Å². The van der Waals surface area contributed by atoms with Crippen molar-refractivity contribution < 1.29 is 9.53 Å². The molecule has 114 valence electrons. The van der Waals surface area contributed by atoms with Gasteiger partial charge in [0.1, 0.15) is 10.8 Å². The van der Waals surface area contributed by atoms with Crippen LogP contribution in [-0.4, -0.2) is 33.6 Å². The van der Waals surface area contributed by atoms with E-state index in [0.717, 1.165) is 32.9 Å². The lowest BCUT2D eigenvalue weighted by atomic mass is 10.1. The van der Waals surface area contributed by atoms with Crippen molar-refractivity contribution >= 4 is 33.2 Å². The minimum absolute atomic E-state index is 0.0322. The summed E-state index contributed by atoms with van der Waals surface area (Å²) in [5, 5.41) is 8.49. The van der Waals surface area contributed by atoms with Crippen LogP contribution in [0.25, 0.3) is 10.9 Å². The minimum Gasteiger partial charge on any atom is -0.497 e. The van der Waals surface area contributed by atoms with Crippen LogP contribution in [0.1, 0.15) is 16.1 Å². The summed E-state index contributed by atoms with van der Waals surface area (Å²) in [5.41, 5.74) is 2.68. The Kier molecular flexibility index (Phi) is 3.81. The highest BCUT2D eigenvalue weighted by Crippen LogP contribution is 2.29. The van der Waals surface area contributed by atoms with Gasteiger partial charge in [0.15, 0.2) is 5.78 Å². The Hall–Kier alpha value is -2.41. The molecule has 0 amide bonds. The molecule has 22 heavy (non-hydrogen) atoms. The zero-order valence-corrected chi connectivity index (χ0v) is 13.4. The lowest BCUT2D eigenvalue weighted by Crippen LogP contribution is -2.14. The van der Waals surface area contributed by atoms with Gasteiger partial charge in [-0.25, -0.2) is 0 Å². The van der Waals surface area contributed by atoms with Crippen molar-refractivity contribution in [1.82, 2.24) is 14.2 Å². The van der Waals surface area contributed by atoms with Gasteiger partial charge in [0.2, 0.25) is 0 Å². The van der Waals surface area contributed by atoms with E-state index in [2.05, 4.69) is 14.9 Å². The monoisotopic (exact) mass is 316 g/mol. The molecule has 0 radical (unpaired) electrons. The summed E-state index contributed by atoms with van der Waals surface area (Å²) in [6.45, 7) is 2.16. The molecule has 3 aromatic rings. The number of benzene rings is 1. The molecule has 0 aliphatic carbocycles. The largest absolute Gasteiger partial charge is 0.497 e. The zero-order valence-electron chi connectivity index (χ0n) is 12.6. The van der Waals surface area contributed by atoms with Crippen molar-refractivity contribution in [3.05, 3.63) is 35.7 Å². The maximum Gasteiger partial charge on any atom is 0.184 e. The number of rotatable bonds is 5. The van der Waals surface area contributed by atoms with Crippen LogP contribution in [0.15, 0.2) is 24.4 Å². The lowest BCUT2D eigenvalue weighted by molar-refractivity contribution is 0.101.